The van der Waals surface area contributed by atoms with E-state index in [1.54, 1.807) is 0 Å². The Balaban J connectivity index is 2.29. The number of ether oxygens (including phenoxy) is 1. The average molecular weight is 259 g/mol. The third-order valence-electron chi connectivity index (χ3n) is 3.70. The molecule has 1 fully saturated rings. The first-order valence-corrected chi connectivity index (χ1v) is 7.56. The van der Waals surface area contributed by atoms with Gasteiger partial charge in [0.1, 0.15) is 5.54 Å². The SMILES string of the molecule is CNC(C)(CCSC1CCCCC1)C(=O)OC. The summed E-state index contributed by atoms with van der Waals surface area (Å²) in [5.74, 6) is 0.862. The van der Waals surface area contributed by atoms with Gasteiger partial charge in [0, 0.05) is 5.25 Å². The molecule has 100 valence electrons. The normalized spacial score (nSPS) is 20.9. The van der Waals surface area contributed by atoms with Crippen LogP contribution in [0.4, 0.5) is 0 Å². The zero-order valence-corrected chi connectivity index (χ0v) is 12.1. The lowest BCUT2D eigenvalue weighted by Crippen LogP contribution is -2.48. The van der Waals surface area contributed by atoms with E-state index in [0.717, 1.165) is 17.4 Å². The third-order valence-corrected chi connectivity index (χ3v) is 5.08. The van der Waals surface area contributed by atoms with Crippen LogP contribution >= 0.6 is 11.8 Å². The molecule has 17 heavy (non-hydrogen) atoms. The summed E-state index contributed by atoms with van der Waals surface area (Å²) in [5.41, 5.74) is -0.531. The highest BCUT2D eigenvalue weighted by atomic mass is 32.2. The van der Waals surface area contributed by atoms with Gasteiger partial charge in [-0.05, 0) is 39.0 Å². The number of hydrogen-bond donors (Lipinski definition) is 1. The van der Waals surface area contributed by atoms with Crippen molar-refractivity contribution in [1.82, 2.24) is 5.32 Å². The van der Waals surface area contributed by atoms with Crippen molar-refractivity contribution in [3.05, 3.63) is 0 Å². The molecule has 0 aliphatic heterocycles. The van der Waals surface area contributed by atoms with Crippen LogP contribution in [0.25, 0.3) is 0 Å². The lowest BCUT2D eigenvalue weighted by molar-refractivity contribution is -0.147. The Morgan fingerprint density at radius 2 is 2.06 bits per heavy atom. The molecule has 1 saturated carbocycles. The predicted octanol–water partition coefficient (Wildman–Crippen LogP) is 2.59. The van der Waals surface area contributed by atoms with Gasteiger partial charge in [0.15, 0.2) is 0 Å². The number of nitrogens with one attached hydrogen (secondary N) is 1. The lowest BCUT2D eigenvalue weighted by atomic mass is 9.99. The molecule has 0 amide bonds. The summed E-state index contributed by atoms with van der Waals surface area (Å²) in [5, 5.41) is 3.89. The summed E-state index contributed by atoms with van der Waals surface area (Å²) in [7, 11) is 3.27. The van der Waals surface area contributed by atoms with Crippen molar-refractivity contribution in [3.63, 3.8) is 0 Å². The molecule has 0 aromatic rings. The second-order valence-corrected chi connectivity index (χ2v) is 6.36. The van der Waals surface area contributed by atoms with E-state index in [2.05, 4.69) is 5.32 Å². The molecule has 1 N–H and O–H groups in total. The quantitative estimate of drug-likeness (QED) is 0.744. The molecule has 0 aromatic carbocycles. The largest absolute Gasteiger partial charge is 0.468 e. The van der Waals surface area contributed by atoms with Crippen molar-refractivity contribution in [2.45, 2.75) is 56.2 Å². The molecule has 4 heteroatoms. The van der Waals surface area contributed by atoms with Gasteiger partial charge < -0.3 is 10.1 Å². The first-order valence-electron chi connectivity index (χ1n) is 6.51. The maximum absolute atomic E-state index is 11.7. The van der Waals surface area contributed by atoms with Gasteiger partial charge in [-0.15, -0.1) is 0 Å². The Bertz CT molecular complexity index is 242. The summed E-state index contributed by atoms with van der Waals surface area (Å²) in [4.78, 5) is 11.7. The molecule has 0 saturated heterocycles. The van der Waals surface area contributed by atoms with E-state index in [1.807, 2.05) is 25.7 Å². The Hall–Kier alpha value is -0.220. The van der Waals surface area contributed by atoms with E-state index >= 15 is 0 Å². The van der Waals surface area contributed by atoms with Gasteiger partial charge in [-0.3, -0.25) is 4.79 Å². The molecule has 3 nitrogen and oxygen atoms in total. The number of carbonyl (C=O) groups excluding carboxylic acids is 1. The van der Waals surface area contributed by atoms with Crippen molar-refractivity contribution in [2.75, 3.05) is 19.9 Å². The summed E-state index contributed by atoms with van der Waals surface area (Å²) >= 11 is 2.02. The number of thioether (sulfide) groups is 1. The molecule has 1 aliphatic rings. The van der Waals surface area contributed by atoms with Crippen LogP contribution in [0.2, 0.25) is 0 Å². The zero-order chi connectivity index (χ0) is 12.7. The molecule has 0 spiro atoms. The fraction of sp³-hybridized carbons (Fsp3) is 0.923. The Morgan fingerprint density at radius 1 is 1.41 bits per heavy atom. The zero-order valence-electron chi connectivity index (χ0n) is 11.3. The minimum atomic E-state index is -0.531. The Kier molecular flexibility index (Phi) is 6.34. The second kappa shape index (κ2) is 7.27. The molecule has 1 rings (SSSR count). The highest BCUT2D eigenvalue weighted by Crippen LogP contribution is 2.29. The van der Waals surface area contributed by atoms with E-state index in [-0.39, 0.29) is 5.97 Å². The number of methoxy groups -OCH3 is 1. The van der Waals surface area contributed by atoms with Crippen molar-refractivity contribution in [3.8, 4) is 0 Å². The van der Waals surface area contributed by atoms with Gasteiger partial charge in [0.25, 0.3) is 0 Å². The van der Waals surface area contributed by atoms with Gasteiger partial charge >= 0.3 is 5.97 Å². The standard InChI is InChI=1S/C13H25NO2S/c1-13(14-2,12(15)16-3)9-10-17-11-7-5-4-6-8-11/h11,14H,4-10H2,1-3H3. The number of esters is 1. The third kappa shape index (κ3) is 4.51. The molecule has 0 aromatic heterocycles. The van der Waals surface area contributed by atoms with E-state index in [1.165, 1.54) is 39.2 Å². The molecule has 1 atom stereocenters. The van der Waals surface area contributed by atoms with Crippen molar-refractivity contribution >= 4 is 17.7 Å². The van der Waals surface area contributed by atoms with Gasteiger partial charge in [-0.2, -0.15) is 11.8 Å². The minimum Gasteiger partial charge on any atom is -0.468 e. The van der Waals surface area contributed by atoms with E-state index in [4.69, 9.17) is 4.74 Å². The minimum absolute atomic E-state index is 0.163. The molecule has 1 aliphatic carbocycles. The lowest BCUT2D eigenvalue weighted by Gasteiger charge is -2.27. The highest BCUT2D eigenvalue weighted by Gasteiger charge is 2.32. The van der Waals surface area contributed by atoms with Crippen LogP contribution in [-0.4, -0.2) is 36.7 Å². The maximum Gasteiger partial charge on any atom is 0.325 e. The Morgan fingerprint density at radius 3 is 2.59 bits per heavy atom. The number of rotatable bonds is 6. The highest BCUT2D eigenvalue weighted by molar-refractivity contribution is 7.99. The Labute approximate surface area is 109 Å². The summed E-state index contributed by atoms with van der Waals surface area (Å²) < 4.78 is 4.84. The van der Waals surface area contributed by atoms with E-state index < -0.39 is 5.54 Å². The predicted molar refractivity (Wildman–Crippen MR) is 73.4 cm³/mol. The van der Waals surface area contributed by atoms with Crippen LogP contribution in [-0.2, 0) is 9.53 Å². The summed E-state index contributed by atoms with van der Waals surface area (Å²) in [6.07, 6.45) is 7.67. The number of hydrogen-bond acceptors (Lipinski definition) is 4. The maximum atomic E-state index is 11.7. The fourth-order valence-electron chi connectivity index (χ4n) is 2.22. The van der Waals surface area contributed by atoms with Crippen LogP contribution in [0.15, 0.2) is 0 Å². The number of likely N-dealkylation sites (N-methyl/N-ethyl adjacent to an activating group) is 1. The topological polar surface area (TPSA) is 38.3 Å². The van der Waals surface area contributed by atoms with Crippen LogP contribution in [0, 0.1) is 0 Å². The van der Waals surface area contributed by atoms with Crippen molar-refractivity contribution in [1.29, 1.82) is 0 Å². The van der Waals surface area contributed by atoms with Gasteiger partial charge in [0.05, 0.1) is 7.11 Å². The van der Waals surface area contributed by atoms with Crippen molar-refractivity contribution < 1.29 is 9.53 Å². The first kappa shape index (κ1) is 14.8. The van der Waals surface area contributed by atoms with Crippen LogP contribution in [0.3, 0.4) is 0 Å². The summed E-state index contributed by atoms with van der Waals surface area (Å²) in [6.45, 7) is 1.92. The van der Waals surface area contributed by atoms with Crippen molar-refractivity contribution in [2.24, 2.45) is 0 Å². The smallest absolute Gasteiger partial charge is 0.325 e. The van der Waals surface area contributed by atoms with Crippen LogP contribution in [0.5, 0.6) is 0 Å². The fourth-order valence-corrected chi connectivity index (χ4v) is 3.74. The summed E-state index contributed by atoms with van der Waals surface area (Å²) in [6, 6.07) is 0. The van der Waals surface area contributed by atoms with Gasteiger partial charge in [-0.1, -0.05) is 19.3 Å². The monoisotopic (exact) mass is 259 g/mol. The van der Waals surface area contributed by atoms with Crippen LogP contribution < -0.4 is 5.32 Å². The average Bonchev–Trinajstić information content (AvgIpc) is 2.38. The van der Waals surface area contributed by atoms with Gasteiger partial charge in [0.2, 0.25) is 0 Å². The molecule has 0 heterocycles. The second-order valence-electron chi connectivity index (χ2n) is 4.95. The number of carbonyl (C=O) groups is 1. The van der Waals surface area contributed by atoms with Gasteiger partial charge in [-0.25, -0.2) is 0 Å². The molecular formula is C13H25NO2S. The molecular weight excluding hydrogens is 234 g/mol. The first-order chi connectivity index (χ1) is 8.12. The van der Waals surface area contributed by atoms with Crippen LogP contribution in [0.1, 0.15) is 45.4 Å². The van der Waals surface area contributed by atoms with E-state index in [0.29, 0.717) is 0 Å². The molecule has 1 unspecified atom stereocenters. The van der Waals surface area contributed by atoms with E-state index in [9.17, 15) is 4.79 Å². The molecule has 0 bridgehead atoms. The molecule has 0 radical (unpaired) electrons.